The van der Waals surface area contributed by atoms with Gasteiger partial charge in [-0.15, -0.1) is 0 Å². The molecule has 0 unspecified atom stereocenters. The van der Waals surface area contributed by atoms with Crippen LogP contribution in [0.3, 0.4) is 0 Å². The molecule has 0 aromatic heterocycles. The van der Waals surface area contributed by atoms with Crippen LogP contribution in [-0.2, 0) is 13.3 Å². The first-order valence-electron chi connectivity index (χ1n) is 5.37. The van der Waals surface area contributed by atoms with Gasteiger partial charge in [-0.25, -0.2) is 0 Å². The van der Waals surface area contributed by atoms with Crippen LogP contribution in [0, 0.1) is 5.92 Å². The fraction of sp³-hybridized carbons (Fsp3) is 1.00. The van der Waals surface area contributed by atoms with Gasteiger partial charge in [-0.3, -0.25) is 0 Å². The topological polar surface area (TPSA) is 53.7 Å². The number of hydrogen-bond donors (Lipinski definition) is 1. The summed E-state index contributed by atoms with van der Waals surface area (Å²) in [5.41, 5.74) is 5.17. The second-order valence-corrected chi connectivity index (χ2v) is 6.77. The lowest BCUT2D eigenvalue weighted by Crippen LogP contribution is -2.42. The van der Waals surface area contributed by atoms with E-state index in [9.17, 15) is 0 Å². The van der Waals surface area contributed by atoms with Crippen LogP contribution in [0.4, 0.5) is 0 Å². The third-order valence-electron chi connectivity index (χ3n) is 1.96. The molecular formula is C10H27NO3Si. The lowest BCUT2D eigenvalue weighted by atomic mass is 10.2. The second kappa shape index (κ2) is 10.6. The minimum Gasteiger partial charge on any atom is -0.377 e. The summed E-state index contributed by atoms with van der Waals surface area (Å²) in [7, 11) is 2.68. The van der Waals surface area contributed by atoms with Crippen LogP contribution in [0.2, 0.25) is 6.04 Å². The van der Waals surface area contributed by atoms with Crippen molar-refractivity contribution in [3.8, 4) is 0 Å². The number of rotatable bonds is 6. The minimum atomic E-state index is -2.22. The standard InChI is InChI=1S/C6H16O3Si.C4H11N/c1-5-6-10(7-2,8-3)9-4;1-4(2)3-5/h5-6H2,1-4H3;4H,3,5H2,1-2H3. The van der Waals surface area contributed by atoms with Crippen LogP contribution < -0.4 is 5.73 Å². The van der Waals surface area contributed by atoms with Gasteiger partial charge in [-0.2, -0.15) is 0 Å². The average Bonchev–Trinajstić information content (AvgIpc) is 2.27. The van der Waals surface area contributed by atoms with E-state index >= 15 is 0 Å². The Bertz CT molecular complexity index is 122. The fourth-order valence-electron chi connectivity index (χ4n) is 0.862. The molecule has 0 aromatic rings. The molecule has 0 atom stereocenters. The lowest BCUT2D eigenvalue weighted by molar-refractivity contribution is 0.123. The molecule has 4 nitrogen and oxygen atoms in total. The first-order valence-corrected chi connectivity index (χ1v) is 7.30. The highest BCUT2D eigenvalue weighted by atomic mass is 28.4. The first-order chi connectivity index (χ1) is 7.01. The Morgan fingerprint density at radius 2 is 1.40 bits per heavy atom. The molecule has 0 saturated carbocycles. The monoisotopic (exact) mass is 237 g/mol. The van der Waals surface area contributed by atoms with Crippen LogP contribution >= 0.6 is 0 Å². The van der Waals surface area contributed by atoms with Gasteiger partial charge in [0.2, 0.25) is 0 Å². The van der Waals surface area contributed by atoms with Crippen molar-refractivity contribution in [1.29, 1.82) is 0 Å². The summed E-state index contributed by atoms with van der Waals surface area (Å²) in [4.78, 5) is 0. The van der Waals surface area contributed by atoms with E-state index < -0.39 is 8.80 Å². The predicted molar refractivity (Wildman–Crippen MR) is 65.8 cm³/mol. The van der Waals surface area contributed by atoms with Crippen LogP contribution in [-0.4, -0.2) is 36.7 Å². The largest absolute Gasteiger partial charge is 0.500 e. The van der Waals surface area contributed by atoms with Gasteiger partial charge in [0.05, 0.1) is 0 Å². The summed E-state index contributed by atoms with van der Waals surface area (Å²) >= 11 is 0. The Kier molecular flexibility index (Phi) is 12.3. The van der Waals surface area contributed by atoms with E-state index in [1.54, 1.807) is 21.3 Å². The fourth-order valence-corrected chi connectivity index (χ4v) is 2.59. The zero-order valence-corrected chi connectivity index (χ0v) is 12.0. The van der Waals surface area contributed by atoms with Gasteiger partial charge in [0.25, 0.3) is 0 Å². The number of hydrogen-bond acceptors (Lipinski definition) is 4. The maximum Gasteiger partial charge on any atom is 0.500 e. The predicted octanol–water partition coefficient (Wildman–Crippen LogP) is 1.88. The highest BCUT2D eigenvalue weighted by Gasteiger charge is 2.36. The van der Waals surface area contributed by atoms with E-state index in [2.05, 4.69) is 20.8 Å². The van der Waals surface area contributed by atoms with E-state index in [1.807, 2.05) is 0 Å². The third-order valence-corrected chi connectivity index (χ3v) is 4.94. The molecule has 94 valence electrons. The van der Waals surface area contributed by atoms with Gasteiger partial charge in [0.15, 0.2) is 0 Å². The van der Waals surface area contributed by atoms with E-state index in [4.69, 9.17) is 19.0 Å². The van der Waals surface area contributed by atoms with E-state index in [0.717, 1.165) is 19.0 Å². The van der Waals surface area contributed by atoms with Gasteiger partial charge >= 0.3 is 8.80 Å². The molecule has 0 rings (SSSR count). The maximum absolute atomic E-state index is 5.17. The van der Waals surface area contributed by atoms with E-state index in [-0.39, 0.29) is 0 Å². The molecule has 0 fully saturated rings. The summed E-state index contributed by atoms with van der Waals surface area (Å²) in [6.07, 6.45) is 1.03. The Balaban J connectivity index is 0. The van der Waals surface area contributed by atoms with Crippen molar-refractivity contribution in [3.05, 3.63) is 0 Å². The average molecular weight is 237 g/mol. The number of nitrogens with two attached hydrogens (primary N) is 1. The smallest absolute Gasteiger partial charge is 0.377 e. The lowest BCUT2D eigenvalue weighted by Gasteiger charge is -2.23. The molecule has 5 heteroatoms. The molecule has 0 heterocycles. The SMILES string of the molecule is CC(C)CN.CCC[Si](OC)(OC)OC. The summed E-state index contributed by atoms with van der Waals surface area (Å²) < 4.78 is 15.5. The van der Waals surface area contributed by atoms with Crippen LogP contribution in [0.1, 0.15) is 27.2 Å². The van der Waals surface area contributed by atoms with Crippen molar-refractivity contribution in [2.24, 2.45) is 11.7 Å². The van der Waals surface area contributed by atoms with Crippen molar-refractivity contribution in [2.45, 2.75) is 33.2 Å². The zero-order valence-electron chi connectivity index (χ0n) is 11.0. The normalized spacial score (nSPS) is 11.2. The molecule has 0 aromatic carbocycles. The minimum absolute atomic E-state index is 0.662. The van der Waals surface area contributed by atoms with Crippen molar-refractivity contribution >= 4 is 8.80 Å². The highest BCUT2D eigenvalue weighted by Crippen LogP contribution is 2.13. The molecule has 0 aliphatic heterocycles. The van der Waals surface area contributed by atoms with Gasteiger partial charge in [-0.1, -0.05) is 27.2 Å². The summed E-state index contributed by atoms with van der Waals surface area (Å²) in [6, 6.07) is 0.885. The Morgan fingerprint density at radius 3 is 1.47 bits per heavy atom. The van der Waals surface area contributed by atoms with Crippen molar-refractivity contribution < 1.29 is 13.3 Å². The molecule has 0 spiro atoms. The first kappa shape index (κ1) is 17.5. The quantitative estimate of drug-likeness (QED) is 0.717. The van der Waals surface area contributed by atoms with Gasteiger partial charge in [0, 0.05) is 27.4 Å². The van der Waals surface area contributed by atoms with Crippen LogP contribution in [0.25, 0.3) is 0 Å². The van der Waals surface area contributed by atoms with Crippen molar-refractivity contribution in [3.63, 3.8) is 0 Å². The molecule has 0 aliphatic rings. The molecular weight excluding hydrogens is 210 g/mol. The summed E-state index contributed by atoms with van der Waals surface area (Å²) in [5, 5.41) is 0. The summed E-state index contributed by atoms with van der Waals surface area (Å²) in [6.45, 7) is 7.08. The van der Waals surface area contributed by atoms with Crippen LogP contribution in [0.5, 0.6) is 0 Å². The molecule has 0 saturated heterocycles. The molecule has 0 amide bonds. The van der Waals surface area contributed by atoms with E-state index in [0.29, 0.717) is 5.92 Å². The Morgan fingerprint density at radius 1 is 1.07 bits per heavy atom. The highest BCUT2D eigenvalue weighted by molar-refractivity contribution is 6.60. The molecule has 0 radical (unpaired) electrons. The van der Waals surface area contributed by atoms with Crippen molar-refractivity contribution in [2.75, 3.05) is 27.9 Å². The molecule has 15 heavy (non-hydrogen) atoms. The van der Waals surface area contributed by atoms with E-state index in [1.165, 1.54) is 0 Å². The third kappa shape index (κ3) is 9.01. The molecule has 0 bridgehead atoms. The van der Waals surface area contributed by atoms with Crippen LogP contribution in [0.15, 0.2) is 0 Å². The van der Waals surface area contributed by atoms with Gasteiger partial charge in [-0.05, 0) is 12.5 Å². The Hall–Kier alpha value is 0.0569. The van der Waals surface area contributed by atoms with Gasteiger partial charge in [0.1, 0.15) is 0 Å². The molecule has 0 aliphatic carbocycles. The summed E-state index contributed by atoms with van der Waals surface area (Å²) in [5.74, 6) is 0.662. The second-order valence-electron chi connectivity index (χ2n) is 3.67. The maximum atomic E-state index is 5.17. The Labute approximate surface area is 95.5 Å². The zero-order chi connectivity index (χ0) is 12.3. The van der Waals surface area contributed by atoms with Crippen molar-refractivity contribution in [1.82, 2.24) is 0 Å². The molecule has 2 N–H and O–H groups in total. The van der Waals surface area contributed by atoms with Gasteiger partial charge < -0.3 is 19.0 Å².